The summed E-state index contributed by atoms with van der Waals surface area (Å²) in [5, 5.41) is 4.26. The van der Waals surface area contributed by atoms with Crippen molar-refractivity contribution >= 4 is 6.21 Å². The molecule has 0 radical (unpaired) electrons. The fourth-order valence-electron chi connectivity index (χ4n) is 2.27. The Kier molecular flexibility index (Phi) is 7.68. The van der Waals surface area contributed by atoms with E-state index in [0.717, 1.165) is 30.1 Å². The number of rotatable bonds is 10. The molecule has 0 aliphatic carbocycles. The van der Waals surface area contributed by atoms with Crippen LogP contribution in [0.5, 0.6) is 11.5 Å². The Morgan fingerprint density at radius 1 is 1.04 bits per heavy atom. The van der Waals surface area contributed by atoms with Crippen molar-refractivity contribution in [2.24, 2.45) is 5.10 Å². The van der Waals surface area contributed by atoms with E-state index in [4.69, 9.17) is 9.47 Å². The molecule has 4 heteroatoms. The van der Waals surface area contributed by atoms with Gasteiger partial charge in [0, 0.05) is 0 Å². The maximum absolute atomic E-state index is 5.78. The summed E-state index contributed by atoms with van der Waals surface area (Å²) in [7, 11) is 1.66. The van der Waals surface area contributed by atoms with Crippen LogP contribution >= 0.6 is 0 Å². The first kappa shape index (κ1) is 17.9. The van der Waals surface area contributed by atoms with Gasteiger partial charge in [-0.1, -0.05) is 50.1 Å². The lowest BCUT2D eigenvalue weighted by Gasteiger charge is -2.11. The lowest BCUT2D eigenvalue weighted by Crippen LogP contribution is -2.05. The van der Waals surface area contributed by atoms with Crippen LogP contribution in [0.2, 0.25) is 0 Å². The largest absolute Gasteiger partial charge is 0.493 e. The monoisotopic (exact) mass is 326 g/mol. The van der Waals surface area contributed by atoms with E-state index in [1.54, 1.807) is 13.3 Å². The summed E-state index contributed by atoms with van der Waals surface area (Å²) in [6.07, 6.45) is 5.21. The SMILES string of the molecule is CCCCCOc1ccc(C=NNCc2ccccc2)cc1OC. The van der Waals surface area contributed by atoms with Gasteiger partial charge >= 0.3 is 0 Å². The summed E-state index contributed by atoms with van der Waals surface area (Å²) in [6.45, 7) is 3.60. The number of ether oxygens (including phenoxy) is 2. The zero-order chi connectivity index (χ0) is 17.0. The van der Waals surface area contributed by atoms with E-state index in [9.17, 15) is 0 Å². The summed E-state index contributed by atoms with van der Waals surface area (Å²) in [4.78, 5) is 0. The van der Waals surface area contributed by atoms with Crippen LogP contribution in [-0.2, 0) is 6.54 Å². The van der Waals surface area contributed by atoms with Crippen molar-refractivity contribution in [2.45, 2.75) is 32.7 Å². The number of methoxy groups -OCH3 is 1. The molecule has 128 valence electrons. The third-order valence-corrected chi connectivity index (χ3v) is 3.62. The number of hydrogen-bond donors (Lipinski definition) is 1. The van der Waals surface area contributed by atoms with Crippen LogP contribution in [0.1, 0.15) is 37.3 Å². The quantitative estimate of drug-likeness (QED) is 0.400. The van der Waals surface area contributed by atoms with Crippen LogP contribution in [0.15, 0.2) is 53.6 Å². The average molecular weight is 326 g/mol. The Morgan fingerprint density at radius 2 is 1.88 bits per heavy atom. The molecule has 0 unspecified atom stereocenters. The van der Waals surface area contributed by atoms with Crippen molar-refractivity contribution in [3.63, 3.8) is 0 Å². The molecule has 1 N–H and O–H groups in total. The Labute approximate surface area is 144 Å². The van der Waals surface area contributed by atoms with Gasteiger partial charge in [-0.25, -0.2) is 0 Å². The minimum Gasteiger partial charge on any atom is -0.493 e. The van der Waals surface area contributed by atoms with Crippen LogP contribution in [0.25, 0.3) is 0 Å². The van der Waals surface area contributed by atoms with Crippen molar-refractivity contribution in [2.75, 3.05) is 13.7 Å². The number of unbranched alkanes of at least 4 members (excludes halogenated alkanes) is 2. The second kappa shape index (κ2) is 10.3. The molecule has 0 atom stereocenters. The van der Waals surface area contributed by atoms with Gasteiger partial charge in [0.1, 0.15) is 0 Å². The molecule has 0 bridgehead atoms. The Morgan fingerprint density at radius 3 is 2.62 bits per heavy atom. The van der Waals surface area contributed by atoms with Crippen molar-refractivity contribution in [1.82, 2.24) is 5.43 Å². The molecular formula is C20H26N2O2. The Bertz CT molecular complexity index is 627. The molecule has 0 amide bonds. The highest BCUT2D eigenvalue weighted by Crippen LogP contribution is 2.27. The number of nitrogens with zero attached hydrogens (tertiary/aromatic N) is 1. The number of benzene rings is 2. The zero-order valence-corrected chi connectivity index (χ0v) is 14.5. The zero-order valence-electron chi connectivity index (χ0n) is 14.5. The van der Waals surface area contributed by atoms with Crippen LogP contribution in [0.4, 0.5) is 0 Å². The van der Waals surface area contributed by atoms with Crippen LogP contribution in [0.3, 0.4) is 0 Å². The molecule has 2 rings (SSSR count). The Hall–Kier alpha value is -2.49. The van der Waals surface area contributed by atoms with Crippen LogP contribution in [0, 0.1) is 0 Å². The van der Waals surface area contributed by atoms with E-state index < -0.39 is 0 Å². The van der Waals surface area contributed by atoms with Gasteiger partial charge in [0.25, 0.3) is 0 Å². The van der Waals surface area contributed by atoms with Gasteiger partial charge < -0.3 is 14.9 Å². The molecule has 0 aliphatic heterocycles. The van der Waals surface area contributed by atoms with Gasteiger partial charge in [0.15, 0.2) is 11.5 Å². The second-order valence-corrected chi connectivity index (χ2v) is 5.54. The molecule has 0 heterocycles. The van der Waals surface area contributed by atoms with E-state index in [-0.39, 0.29) is 0 Å². The highest BCUT2D eigenvalue weighted by Gasteiger charge is 2.04. The van der Waals surface area contributed by atoms with E-state index in [0.29, 0.717) is 6.54 Å². The number of nitrogens with one attached hydrogen (secondary N) is 1. The van der Waals surface area contributed by atoms with Crippen molar-refractivity contribution < 1.29 is 9.47 Å². The second-order valence-electron chi connectivity index (χ2n) is 5.54. The predicted molar refractivity (Wildman–Crippen MR) is 98.9 cm³/mol. The molecule has 24 heavy (non-hydrogen) atoms. The molecular weight excluding hydrogens is 300 g/mol. The van der Waals surface area contributed by atoms with Crippen molar-refractivity contribution in [3.8, 4) is 11.5 Å². The molecule has 0 saturated heterocycles. The topological polar surface area (TPSA) is 42.8 Å². The Balaban J connectivity index is 1.87. The maximum atomic E-state index is 5.78. The van der Waals surface area contributed by atoms with Gasteiger partial charge in [-0.2, -0.15) is 5.10 Å². The fourth-order valence-corrected chi connectivity index (χ4v) is 2.27. The molecule has 0 spiro atoms. The number of hydrazone groups is 1. The lowest BCUT2D eigenvalue weighted by atomic mass is 10.2. The van der Waals surface area contributed by atoms with Crippen LogP contribution < -0.4 is 14.9 Å². The van der Waals surface area contributed by atoms with Gasteiger partial charge in [-0.05, 0) is 35.7 Å². The van der Waals surface area contributed by atoms with Crippen molar-refractivity contribution in [1.29, 1.82) is 0 Å². The average Bonchev–Trinajstić information content (AvgIpc) is 2.64. The third-order valence-electron chi connectivity index (χ3n) is 3.62. The normalized spacial score (nSPS) is 10.8. The standard InChI is InChI=1S/C20H26N2O2/c1-3-4-8-13-24-19-12-11-18(14-20(19)23-2)16-22-21-15-17-9-6-5-7-10-17/h5-7,9-12,14,16,21H,3-4,8,13,15H2,1-2H3. The first-order valence-electron chi connectivity index (χ1n) is 8.44. The first-order valence-corrected chi connectivity index (χ1v) is 8.44. The summed E-state index contributed by atoms with van der Waals surface area (Å²) < 4.78 is 11.2. The molecule has 0 aromatic heterocycles. The molecule has 0 saturated carbocycles. The lowest BCUT2D eigenvalue weighted by molar-refractivity contribution is 0.286. The fraction of sp³-hybridized carbons (Fsp3) is 0.350. The van der Waals surface area contributed by atoms with E-state index in [2.05, 4.69) is 29.6 Å². The number of hydrogen-bond acceptors (Lipinski definition) is 4. The minimum absolute atomic E-state index is 0.701. The molecule has 0 fully saturated rings. The van der Waals surface area contributed by atoms with Crippen LogP contribution in [-0.4, -0.2) is 19.9 Å². The summed E-state index contributed by atoms with van der Waals surface area (Å²) in [5.41, 5.74) is 5.21. The van der Waals surface area contributed by atoms with Crippen molar-refractivity contribution in [3.05, 3.63) is 59.7 Å². The van der Waals surface area contributed by atoms with E-state index in [1.807, 2.05) is 36.4 Å². The summed E-state index contributed by atoms with van der Waals surface area (Å²) >= 11 is 0. The molecule has 2 aromatic rings. The minimum atomic E-state index is 0.701. The third kappa shape index (κ3) is 5.95. The maximum Gasteiger partial charge on any atom is 0.161 e. The van der Waals surface area contributed by atoms with E-state index in [1.165, 1.54) is 18.4 Å². The summed E-state index contributed by atoms with van der Waals surface area (Å²) in [6, 6.07) is 16.0. The molecule has 4 nitrogen and oxygen atoms in total. The highest BCUT2D eigenvalue weighted by molar-refractivity contribution is 5.80. The molecule has 2 aromatic carbocycles. The smallest absolute Gasteiger partial charge is 0.161 e. The first-order chi connectivity index (χ1) is 11.8. The van der Waals surface area contributed by atoms with Gasteiger partial charge in [-0.3, -0.25) is 0 Å². The van der Waals surface area contributed by atoms with E-state index >= 15 is 0 Å². The molecule has 0 aliphatic rings. The predicted octanol–water partition coefficient (Wildman–Crippen LogP) is 4.39. The van der Waals surface area contributed by atoms with Gasteiger partial charge in [0.05, 0.1) is 26.5 Å². The van der Waals surface area contributed by atoms with Gasteiger partial charge in [-0.15, -0.1) is 0 Å². The van der Waals surface area contributed by atoms with Gasteiger partial charge in [0.2, 0.25) is 0 Å². The highest BCUT2D eigenvalue weighted by atomic mass is 16.5. The summed E-state index contributed by atoms with van der Waals surface area (Å²) in [5.74, 6) is 1.52.